The van der Waals surface area contributed by atoms with Crippen molar-refractivity contribution in [3.63, 3.8) is 0 Å². The van der Waals surface area contributed by atoms with Crippen LogP contribution < -0.4 is 10.3 Å². The van der Waals surface area contributed by atoms with Gasteiger partial charge >= 0.3 is 0 Å². The lowest BCUT2D eigenvalue weighted by Gasteiger charge is -2.32. The van der Waals surface area contributed by atoms with Crippen molar-refractivity contribution in [1.29, 1.82) is 0 Å². The number of benzene rings is 4. The molecule has 5 nitrogen and oxygen atoms in total. The number of methoxy groups -OCH3 is 1. The third-order valence-electron chi connectivity index (χ3n) is 8.98. The second kappa shape index (κ2) is 10.9. The summed E-state index contributed by atoms with van der Waals surface area (Å²) in [4.78, 5) is 19.7. The number of para-hydroxylation sites is 1. The molecule has 0 amide bonds. The van der Waals surface area contributed by atoms with E-state index in [-0.39, 0.29) is 23.1 Å². The molecule has 1 atom stereocenters. The Morgan fingerprint density at radius 2 is 1.63 bits per heavy atom. The molecule has 6 rings (SSSR count). The molecule has 0 spiro atoms. The Morgan fingerprint density at radius 1 is 0.860 bits per heavy atom. The Bertz CT molecular complexity index is 2060. The summed E-state index contributed by atoms with van der Waals surface area (Å²) in [5.41, 5.74) is 5.41. The predicted octanol–water partition coefficient (Wildman–Crippen LogP) is 8.74. The Morgan fingerprint density at radius 3 is 2.37 bits per heavy atom. The fourth-order valence-corrected chi connectivity index (χ4v) is 6.99. The van der Waals surface area contributed by atoms with Crippen LogP contribution in [0.15, 0.2) is 90.0 Å². The van der Waals surface area contributed by atoms with Gasteiger partial charge in [0.25, 0.3) is 0 Å². The predicted molar refractivity (Wildman–Crippen MR) is 177 cm³/mol. The highest BCUT2D eigenvalue weighted by atomic mass is 16.5. The minimum Gasteiger partial charge on any atom is -0.508 e. The summed E-state index contributed by atoms with van der Waals surface area (Å²) in [6, 6.07) is 24.2. The number of hydrogen-bond acceptors (Lipinski definition) is 4. The van der Waals surface area contributed by atoms with E-state index in [9.17, 15) is 9.90 Å². The van der Waals surface area contributed by atoms with E-state index in [2.05, 4.69) is 81.0 Å². The highest BCUT2D eigenvalue weighted by molar-refractivity contribution is 5.96. The van der Waals surface area contributed by atoms with E-state index in [0.717, 1.165) is 66.9 Å². The largest absolute Gasteiger partial charge is 0.508 e. The van der Waals surface area contributed by atoms with Crippen LogP contribution in [-0.4, -0.2) is 22.2 Å². The lowest BCUT2D eigenvalue weighted by molar-refractivity contribution is 0.399. The quantitative estimate of drug-likeness (QED) is 0.201. The van der Waals surface area contributed by atoms with Gasteiger partial charge in [-0.25, -0.2) is 0 Å². The average Bonchev–Trinajstić information content (AvgIpc) is 2.99. The molecule has 43 heavy (non-hydrogen) atoms. The monoisotopic (exact) mass is 570 g/mol. The van der Waals surface area contributed by atoms with Crippen LogP contribution in [0, 0.1) is 0 Å². The van der Waals surface area contributed by atoms with Gasteiger partial charge in [0.05, 0.1) is 12.6 Å². The fourth-order valence-electron chi connectivity index (χ4n) is 6.99. The Kier molecular flexibility index (Phi) is 7.21. The summed E-state index contributed by atoms with van der Waals surface area (Å²) in [5, 5.41) is 16.9. The van der Waals surface area contributed by atoms with Crippen molar-refractivity contribution in [2.24, 2.45) is 0 Å². The SMILES string of the molecule is COc1cc(CC(C)c2cccc3ccc(=O)[nH]c23)c2ccccc2c1C(C)(C)c1c(O)cc(C(C)C)c2ccncc12. The Labute approximate surface area is 252 Å². The summed E-state index contributed by atoms with van der Waals surface area (Å²) in [5.74, 6) is 1.44. The van der Waals surface area contributed by atoms with Crippen LogP contribution in [0.5, 0.6) is 11.5 Å². The van der Waals surface area contributed by atoms with Crippen molar-refractivity contribution in [2.75, 3.05) is 7.11 Å². The maximum Gasteiger partial charge on any atom is 0.248 e. The highest BCUT2D eigenvalue weighted by Gasteiger charge is 2.34. The van der Waals surface area contributed by atoms with Crippen molar-refractivity contribution in [1.82, 2.24) is 9.97 Å². The van der Waals surface area contributed by atoms with Crippen LogP contribution in [0.25, 0.3) is 32.4 Å². The van der Waals surface area contributed by atoms with Crippen molar-refractivity contribution < 1.29 is 9.84 Å². The molecule has 2 N–H and O–H groups in total. The Balaban J connectivity index is 1.54. The summed E-state index contributed by atoms with van der Waals surface area (Å²) >= 11 is 0. The van der Waals surface area contributed by atoms with Gasteiger partial charge in [0.2, 0.25) is 5.56 Å². The van der Waals surface area contributed by atoms with Gasteiger partial charge in [0.15, 0.2) is 0 Å². The van der Waals surface area contributed by atoms with Gasteiger partial charge in [0, 0.05) is 40.4 Å². The first-order valence-electron chi connectivity index (χ1n) is 14.9. The molecule has 0 bridgehead atoms. The lowest BCUT2D eigenvalue weighted by atomic mass is 9.72. The van der Waals surface area contributed by atoms with E-state index < -0.39 is 5.41 Å². The van der Waals surface area contributed by atoms with Gasteiger partial charge in [0.1, 0.15) is 11.5 Å². The number of fused-ring (bicyclic) bond motifs is 3. The van der Waals surface area contributed by atoms with E-state index in [1.54, 1.807) is 13.2 Å². The number of pyridine rings is 2. The molecule has 218 valence electrons. The number of rotatable bonds is 7. The number of aromatic hydroxyl groups is 1. The number of nitrogens with zero attached hydrogens (tertiary/aromatic N) is 1. The first-order valence-corrected chi connectivity index (χ1v) is 14.9. The van der Waals surface area contributed by atoms with E-state index in [1.807, 2.05) is 42.7 Å². The third kappa shape index (κ3) is 4.83. The first kappa shape index (κ1) is 28.5. The summed E-state index contributed by atoms with van der Waals surface area (Å²) in [6.45, 7) is 10.8. The van der Waals surface area contributed by atoms with Gasteiger partial charge in [-0.2, -0.15) is 0 Å². The molecule has 2 aromatic heterocycles. The molecule has 2 heterocycles. The lowest BCUT2D eigenvalue weighted by Crippen LogP contribution is -2.22. The van der Waals surface area contributed by atoms with Crippen LogP contribution in [0.3, 0.4) is 0 Å². The number of ether oxygens (including phenoxy) is 1. The molecule has 0 aliphatic heterocycles. The van der Waals surface area contributed by atoms with Crippen molar-refractivity contribution in [2.45, 2.75) is 58.3 Å². The maximum absolute atomic E-state index is 12.2. The minimum absolute atomic E-state index is 0.0988. The molecular formula is C38H38N2O3. The Hall–Kier alpha value is -4.64. The third-order valence-corrected chi connectivity index (χ3v) is 8.98. The van der Waals surface area contributed by atoms with Crippen LogP contribution in [0.2, 0.25) is 0 Å². The molecule has 0 saturated carbocycles. The second-order valence-electron chi connectivity index (χ2n) is 12.5. The van der Waals surface area contributed by atoms with E-state index >= 15 is 0 Å². The smallest absolute Gasteiger partial charge is 0.248 e. The molecule has 0 fully saturated rings. The molecule has 0 radical (unpaired) electrons. The molecule has 0 saturated heterocycles. The van der Waals surface area contributed by atoms with Crippen LogP contribution in [0.1, 0.15) is 74.3 Å². The second-order valence-corrected chi connectivity index (χ2v) is 12.5. The summed E-state index contributed by atoms with van der Waals surface area (Å²) < 4.78 is 6.14. The van der Waals surface area contributed by atoms with Crippen LogP contribution in [-0.2, 0) is 11.8 Å². The first-order chi connectivity index (χ1) is 20.6. The van der Waals surface area contributed by atoms with Crippen molar-refractivity contribution in [3.05, 3.63) is 123 Å². The molecule has 0 aliphatic rings. The fraction of sp³-hybridized carbons (Fsp3) is 0.263. The average molecular weight is 571 g/mol. The van der Waals surface area contributed by atoms with Gasteiger partial charge in [-0.3, -0.25) is 9.78 Å². The zero-order valence-corrected chi connectivity index (χ0v) is 25.7. The minimum atomic E-state index is -0.620. The van der Waals surface area contributed by atoms with E-state index in [4.69, 9.17) is 4.74 Å². The number of phenols is 1. The van der Waals surface area contributed by atoms with Gasteiger partial charge in [-0.15, -0.1) is 0 Å². The number of nitrogens with one attached hydrogen (secondary N) is 1. The zero-order valence-electron chi connectivity index (χ0n) is 25.7. The normalized spacial score (nSPS) is 12.8. The topological polar surface area (TPSA) is 75.2 Å². The van der Waals surface area contributed by atoms with Crippen molar-refractivity contribution in [3.8, 4) is 11.5 Å². The molecule has 0 aliphatic carbocycles. The number of hydrogen-bond donors (Lipinski definition) is 2. The summed E-state index contributed by atoms with van der Waals surface area (Å²) in [6.07, 6.45) is 4.45. The summed E-state index contributed by atoms with van der Waals surface area (Å²) in [7, 11) is 1.72. The molecule has 6 aromatic rings. The molecule has 1 unspecified atom stereocenters. The maximum atomic E-state index is 12.2. The molecule has 4 aromatic carbocycles. The highest BCUT2D eigenvalue weighted by Crippen LogP contribution is 2.49. The zero-order chi connectivity index (χ0) is 30.5. The molecular weight excluding hydrogens is 532 g/mol. The van der Waals surface area contributed by atoms with E-state index in [1.165, 1.54) is 5.56 Å². The van der Waals surface area contributed by atoms with Crippen LogP contribution >= 0.6 is 0 Å². The number of H-pyrrole nitrogens is 1. The molecule has 5 heteroatoms. The van der Waals surface area contributed by atoms with Gasteiger partial charge in [-0.1, -0.05) is 77.1 Å². The number of phenolic OH excluding ortho intramolecular Hbond substituents is 1. The van der Waals surface area contributed by atoms with E-state index in [0.29, 0.717) is 0 Å². The number of aromatic amines is 1. The standard InChI is InChI=1S/C38H38N2O3/c1-22(2)30-20-32(41)35(31-21-39-17-16-28(30)31)38(4,5)36-29-12-8-7-11-27(29)25(19-33(36)43-6)18-23(3)26-13-9-10-24-14-15-34(42)40-37(24)26/h7-17,19-23,41H,18H2,1-6H3,(H,40,42). The van der Waals surface area contributed by atoms with Crippen molar-refractivity contribution >= 4 is 32.4 Å². The number of aromatic nitrogens is 2. The van der Waals surface area contributed by atoms with Gasteiger partial charge in [-0.05, 0) is 80.8 Å². The van der Waals surface area contributed by atoms with Gasteiger partial charge < -0.3 is 14.8 Å². The van der Waals surface area contributed by atoms with Crippen LogP contribution in [0.4, 0.5) is 0 Å².